The highest BCUT2D eigenvalue weighted by molar-refractivity contribution is 7.99. The van der Waals surface area contributed by atoms with Crippen molar-refractivity contribution in [3.8, 4) is 11.1 Å². The van der Waals surface area contributed by atoms with Gasteiger partial charge in [0.2, 0.25) is 0 Å². The smallest absolute Gasteiger partial charge is 0.264 e. The molecular weight excluding hydrogens is 674 g/mol. The molecule has 49 heavy (non-hydrogen) atoms. The molecule has 0 aromatic heterocycles. The molecule has 1 fully saturated rings. The Morgan fingerprint density at radius 1 is 0.816 bits per heavy atom. The number of benzene rings is 5. The number of nitrogens with one attached hydrogen (secondary N) is 2. The molecule has 0 saturated carbocycles. The molecule has 0 unspecified atom stereocenters. The second-order valence-corrected chi connectivity index (χ2v) is 15.0. The van der Waals surface area contributed by atoms with E-state index in [0.717, 1.165) is 49.2 Å². The average molecular weight is 712 g/mol. The van der Waals surface area contributed by atoms with E-state index in [0.29, 0.717) is 12.2 Å². The van der Waals surface area contributed by atoms with Gasteiger partial charge in [-0.05, 0) is 83.4 Å². The summed E-state index contributed by atoms with van der Waals surface area (Å²) in [7, 11) is -4.13. The van der Waals surface area contributed by atoms with E-state index in [4.69, 9.17) is 17.3 Å². The summed E-state index contributed by atoms with van der Waals surface area (Å²) < 4.78 is 28.3. The number of nitrogen functional groups attached to an aromatic ring is 1. The van der Waals surface area contributed by atoms with Gasteiger partial charge in [-0.2, -0.15) is 0 Å². The Bertz CT molecular complexity index is 1990. The lowest BCUT2D eigenvalue weighted by molar-refractivity contribution is 0.0981. The van der Waals surface area contributed by atoms with Crippen LogP contribution in [0.25, 0.3) is 11.1 Å². The molecule has 1 amide bonds. The highest BCUT2D eigenvalue weighted by Crippen LogP contribution is 2.29. The fourth-order valence-corrected chi connectivity index (χ4v) is 7.79. The number of halogens is 1. The number of thioether (sulfide) groups is 1. The Kier molecular flexibility index (Phi) is 11.1. The molecule has 1 saturated heterocycles. The van der Waals surface area contributed by atoms with Crippen molar-refractivity contribution in [2.45, 2.75) is 16.3 Å². The number of amides is 1. The minimum absolute atomic E-state index is 0.0780. The van der Waals surface area contributed by atoms with Crippen LogP contribution in [0.15, 0.2) is 131 Å². The molecule has 0 atom stereocenters. The Hall–Kier alpha value is -4.48. The van der Waals surface area contributed by atoms with Gasteiger partial charge < -0.3 is 16.0 Å². The molecule has 0 bridgehead atoms. The Morgan fingerprint density at radius 3 is 2.20 bits per heavy atom. The second kappa shape index (κ2) is 15.8. The topological polar surface area (TPSA) is 108 Å². The van der Waals surface area contributed by atoms with Gasteiger partial charge in [-0.3, -0.25) is 9.69 Å². The van der Waals surface area contributed by atoms with E-state index < -0.39 is 15.9 Å². The lowest BCUT2D eigenvalue weighted by atomic mass is 9.99. The monoisotopic (exact) mass is 711 g/mol. The highest BCUT2D eigenvalue weighted by atomic mass is 35.5. The first-order valence-corrected chi connectivity index (χ1v) is 18.9. The van der Waals surface area contributed by atoms with Gasteiger partial charge in [0.25, 0.3) is 15.9 Å². The minimum Gasteiger partial charge on any atom is -0.397 e. The van der Waals surface area contributed by atoms with Crippen molar-refractivity contribution in [2.24, 2.45) is 0 Å². The third-order valence-electron chi connectivity index (χ3n) is 8.40. The van der Waals surface area contributed by atoms with Crippen molar-refractivity contribution < 1.29 is 13.2 Å². The van der Waals surface area contributed by atoms with Crippen LogP contribution in [0.2, 0.25) is 5.02 Å². The standard InChI is InChI=1S/C38H38ClN5O3S2/c39-31-13-17-35(28-7-3-1-4-8-28)30(25-31)27-43-20-22-44(23-21-43)32-14-11-29(12-15-32)38(45)42-49(46,47)34-16-18-37(36(40)26-34)41-19-24-48-33-9-5-2-6-10-33/h1-18,25-26,41H,19-24,27,40H2,(H,42,45). The molecule has 1 heterocycles. The number of carbonyl (C=O) groups is 1. The molecular formula is C38H38ClN5O3S2. The van der Waals surface area contributed by atoms with E-state index in [9.17, 15) is 13.2 Å². The van der Waals surface area contributed by atoms with Crippen molar-refractivity contribution in [1.82, 2.24) is 9.62 Å². The van der Waals surface area contributed by atoms with Crippen LogP contribution in [0.3, 0.4) is 0 Å². The second-order valence-electron chi connectivity index (χ2n) is 11.7. The van der Waals surface area contributed by atoms with E-state index in [1.807, 2.05) is 54.6 Å². The number of hydrogen-bond acceptors (Lipinski definition) is 8. The molecule has 11 heteroatoms. The molecule has 0 spiro atoms. The molecule has 0 aliphatic carbocycles. The third-order valence-corrected chi connectivity index (χ3v) is 11.0. The van der Waals surface area contributed by atoms with Crippen LogP contribution < -0.4 is 20.7 Å². The first kappa shape index (κ1) is 34.4. The van der Waals surface area contributed by atoms with Gasteiger partial charge in [-0.1, -0.05) is 66.2 Å². The summed E-state index contributed by atoms with van der Waals surface area (Å²) in [6.07, 6.45) is 0. The van der Waals surface area contributed by atoms with Gasteiger partial charge >= 0.3 is 0 Å². The van der Waals surface area contributed by atoms with Crippen LogP contribution in [0.1, 0.15) is 15.9 Å². The fraction of sp³-hybridized carbons (Fsp3) is 0.184. The zero-order valence-electron chi connectivity index (χ0n) is 26.9. The summed E-state index contributed by atoms with van der Waals surface area (Å²) >= 11 is 8.09. The Morgan fingerprint density at radius 2 is 1.51 bits per heavy atom. The molecule has 1 aliphatic heterocycles. The van der Waals surface area contributed by atoms with Gasteiger partial charge in [0, 0.05) is 66.2 Å². The number of hydrogen-bond donors (Lipinski definition) is 3. The van der Waals surface area contributed by atoms with Gasteiger partial charge in [0.05, 0.1) is 16.3 Å². The fourth-order valence-electron chi connectivity index (χ4n) is 5.80. The third kappa shape index (κ3) is 8.96. The zero-order chi connectivity index (χ0) is 34.2. The quantitative estimate of drug-likeness (QED) is 0.0707. The molecule has 5 aromatic carbocycles. The maximum Gasteiger partial charge on any atom is 0.264 e. The Balaban J connectivity index is 1.00. The van der Waals surface area contributed by atoms with Crippen molar-refractivity contribution in [3.63, 3.8) is 0 Å². The lowest BCUT2D eigenvalue weighted by Gasteiger charge is -2.36. The van der Waals surface area contributed by atoms with Crippen molar-refractivity contribution in [2.75, 3.05) is 54.4 Å². The van der Waals surface area contributed by atoms with E-state index in [1.165, 1.54) is 33.7 Å². The van der Waals surface area contributed by atoms with Crippen molar-refractivity contribution in [1.29, 1.82) is 0 Å². The summed E-state index contributed by atoms with van der Waals surface area (Å²) in [6, 6.07) is 37.9. The zero-order valence-corrected chi connectivity index (χ0v) is 29.3. The summed E-state index contributed by atoms with van der Waals surface area (Å²) in [5.41, 5.74) is 11.9. The molecule has 6 rings (SSSR count). The van der Waals surface area contributed by atoms with Gasteiger partial charge in [0.1, 0.15) is 0 Å². The molecule has 1 aliphatic rings. The van der Waals surface area contributed by atoms with Crippen LogP contribution >= 0.6 is 23.4 Å². The largest absolute Gasteiger partial charge is 0.397 e. The molecule has 0 radical (unpaired) electrons. The summed E-state index contributed by atoms with van der Waals surface area (Å²) in [6.45, 7) is 4.82. The average Bonchev–Trinajstić information content (AvgIpc) is 3.12. The van der Waals surface area contributed by atoms with Crippen LogP contribution in [0.4, 0.5) is 17.1 Å². The number of anilines is 3. The summed E-state index contributed by atoms with van der Waals surface area (Å²) in [5, 5.41) is 3.97. The van der Waals surface area contributed by atoms with E-state index in [-0.39, 0.29) is 16.1 Å². The van der Waals surface area contributed by atoms with Crippen LogP contribution in [-0.4, -0.2) is 57.7 Å². The number of piperazine rings is 1. The van der Waals surface area contributed by atoms with E-state index >= 15 is 0 Å². The number of sulfonamides is 1. The predicted molar refractivity (Wildman–Crippen MR) is 202 cm³/mol. The van der Waals surface area contributed by atoms with Gasteiger partial charge in [-0.25, -0.2) is 13.1 Å². The summed E-state index contributed by atoms with van der Waals surface area (Å²) in [5.74, 6) is 0.111. The molecule has 4 N–H and O–H groups in total. The summed E-state index contributed by atoms with van der Waals surface area (Å²) in [4.78, 5) is 18.7. The maximum absolute atomic E-state index is 13.1. The Labute approximate surface area is 297 Å². The van der Waals surface area contributed by atoms with E-state index in [2.05, 4.69) is 56.2 Å². The van der Waals surface area contributed by atoms with Crippen LogP contribution in [0.5, 0.6) is 0 Å². The lowest BCUT2D eigenvalue weighted by Crippen LogP contribution is -2.46. The number of nitrogens with two attached hydrogens (primary N) is 1. The number of nitrogens with zero attached hydrogens (tertiary/aromatic N) is 2. The number of carbonyl (C=O) groups excluding carboxylic acids is 1. The first-order chi connectivity index (χ1) is 23.7. The normalized spacial score (nSPS) is 13.6. The van der Waals surface area contributed by atoms with Crippen molar-refractivity contribution in [3.05, 3.63) is 137 Å². The molecule has 252 valence electrons. The SMILES string of the molecule is Nc1cc(S(=O)(=O)NC(=O)c2ccc(N3CCN(Cc4cc(Cl)ccc4-c4ccccc4)CC3)cc2)ccc1NCCSc1ccccc1. The van der Waals surface area contributed by atoms with Crippen molar-refractivity contribution >= 4 is 56.4 Å². The predicted octanol–water partition coefficient (Wildman–Crippen LogP) is 7.23. The van der Waals surface area contributed by atoms with Crippen LogP contribution in [0, 0.1) is 0 Å². The minimum atomic E-state index is -4.13. The molecule has 8 nitrogen and oxygen atoms in total. The van der Waals surface area contributed by atoms with Gasteiger partial charge in [-0.15, -0.1) is 11.8 Å². The molecule has 5 aromatic rings. The maximum atomic E-state index is 13.1. The first-order valence-electron chi connectivity index (χ1n) is 16.0. The van der Waals surface area contributed by atoms with E-state index in [1.54, 1.807) is 30.0 Å². The number of rotatable bonds is 12. The van der Waals surface area contributed by atoms with Crippen LogP contribution in [-0.2, 0) is 16.6 Å². The van der Waals surface area contributed by atoms with Gasteiger partial charge in [0.15, 0.2) is 0 Å². The highest BCUT2D eigenvalue weighted by Gasteiger charge is 2.22.